The number of imide groups is 1. The van der Waals surface area contributed by atoms with Gasteiger partial charge in [-0.15, -0.1) is 5.06 Å². The number of nitrogens with one attached hydrogen (secondary N) is 2. The Kier molecular flexibility index (Phi) is 44.3. The molecule has 11 rings (SSSR count). The molecule has 0 spiro atoms. The van der Waals surface area contributed by atoms with Crippen molar-refractivity contribution in [3.8, 4) is 34.5 Å². The van der Waals surface area contributed by atoms with Crippen molar-refractivity contribution < 1.29 is 142 Å². The summed E-state index contributed by atoms with van der Waals surface area (Å²) in [4.78, 5) is 158. The zero-order valence-electron chi connectivity index (χ0n) is 72.6. The third kappa shape index (κ3) is 24.2. The van der Waals surface area contributed by atoms with E-state index in [1.165, 1.54) is 64.5 Å². The first-order valence-corrected chi connectivity index (χ1v) is 41.4. The molecule has 32 nitrogen and oxygen atoms in total. The number of hydrogen-bond acceptors (Lipinski definition) is 29. The lowest BCUT2D eigenvalue weighted by Crippen LogP contribution is -2.55. The fourth-order valence-corrected chi connectivity index (χ4v) is 14.3. The van der Waals surface area contributed by atoms with Crippen LogP contribution in [0, 0.1) is 0 Å². The van der Waals surface area contributed by atoms with Gasteiger partial charge in [-0.1, -0.05) is 135 Å². The third-order valence-electron chi connectivity index (χ3n) is 19.6. The van der Waals surface area contributed by atoms with Crippen molar-refractivity contribution in [2.75, 3.05) is 27.4 Å². The summed E-state index contributed by atoms with van der Waals surface area (Å²) in [7, 11) is 2.60. The van der Waals surface area contributed by atoms with Crippen LogP contribution in [-0.2, 0) is 75.0 Å². The number of benzene rings is 4. The van der Waals surface area contributed by atoms with Gasteiger partial charge in [-0.2, -0.15) is 0 Å². The number of nitrogens with zero attached hydrogens (tertiary/aromatic N) is 1. The molecule has 664 valence electrons. The zero-order chi connectivity index (χ0) is 91.0. The van der Waals surface area contributed by atoms with E-state index in [2.05, 4.69) is 10.6 Å². The van der Waals surface area contributed by atoms with Crippen LogP contribution in [0.15, 0.2) is 36.4 Å². The first kappa shape index (κ1) is 106. The molecule has 4 amide bonds. The van der Waals surface area contributed by atoms with E-state index in [0.29, 0.717) is 24.3 Å². The SMILES string of the molecule is CC.CC.CC.CC.CC.CC.CC.CC.COc1cccc2c1C(=O)c1c(O)c3c(c(O)c1C2=O)CC(O)(C(=O)CO)CC3OC1CC(NC(=O)CCCCC(=O)ON2C(=O)CCC2=O)C(O)C(C)O1.COc1cccc2c1C(=O)c1c(O)c3c(c(O)c1C2=O)CC(O)(C(=O)CO)CC3OC1CC(NC(=O)CCCCC(C)=O)C(O)C(C)O1. The van der Waals surface area contributed by atoms with Crippen LogP contribution in [0.25, 0.3) is 0 Å². The second-order valence-corrected chi connectivity index (χ2v) is 26.5. The minimum Gasteiger partial charge on any atom is -0.507 e. The van der Waals surface area contributed by atoms with Crippen LogP contribution in [0.5, 0.6) is 34.5 Å². The number of ketones is 7. The zero-order valence-corrected chi connectivity index (χ0v) is 72.6. The number of unbranched alkanes of at least 4 members (excludes halogenated alkanes) is 2. The molecule has 0 bridgehead atoms. The summed E-state index contributed by atoms with van der Waals surface area (Å²) < 4.78 is 34.7. The largest absolute Gasteiger partial charge is 0.507 e. The molecule has 3 saturated heterocycles. The average molecular weight is 1680 g/mol. The number of hydrogen-bond donors (Lipinski definition) is 12. The van der Waals surface area contributed by atoms with Gasteiger partial charge in [-0.05, 0) is 58.6 Å². The summed E-state index contributed by atoms with van der Waals surface area (Å²) in [6.07, 6.45) is -10.8. The number of hydroxylamine groups is 2. The molecule has 12 unspecified atom stereocenters. The highest BCUT2D eigenvalue weighted by molar-refractivity contribution is 6.32. The van der Waals surface area contributed by atoms with Crippen LogP contribution < -0.4 is 20.1 Å². The number of carbonyl (C=O) groups excluding carboxylic acids is 12. The highest BCUT2D eigenvalue weighted by Crippen LogP contribution is 2.55. The number of aliphatic hydroxyl groups excluding tert-OH is 4. The van der Waals surface area contributed by atoms with Crippen molar-refractivity contribution >= 4 is 70.1 Å². The van der Waals surface area contributed by atoms with Crippen molar-refractivity contribution in [1.29, 1.82) is 0 Å². The minimum atomic E-state index is -2.37. The van der Waals surface area contributed by atoms with E-state index in [1.54, 1.807) is 6.92 Å². The first-order chi connectivity index (χ1) is 56.8. The van der Waals surface area contributed by atoms with E-state index in [4.69, 9.17) is 33.3 Å². The summed E-state index contributed by atoms with van der Waals surface area (Å²) in [5, 5.41) is 116. The summed E-state index contributed by atoms with van der Waals surface area (Å²) in [6, 6.07) is 6.76. The normalized spacial score (nSPS) is 23.0. The fourth-order valence-electron chi connectivity index (χ4n) is 14.3. The van der Waals surface area contributed by atoms with Gasteiger partial charge in [0.25, 0.3) is 11.8 Å². The Balaban J connectivity index is 0.000000695. The monoisotopic (exact) mass is 1680 g/mol. The molecule has 0 radical (unpaired) electrons. The Morgan fingerprint density at radius 2 is 0.807 bits per heavy atom. The number of fused-ring (bicyclic) bond motifs is 6. The molecule has 32 heteroatoms. The quantitative estimate of drug-likeness (QED) is 0.0161. The Hall–Kier alpha value is -9.48. The van der Waals surface area contributed by atoms with Gasteiger partial charge < -0.3 is 99.8 Å². The number of phenolic OH excluding ortho intramolecular Hbond substituents is 4. The standard InChI is InChI=1S/C37H40N2O16.C34H39NO13.8C2H6/c1-16-32(46)19(38-23(42)8-3-4-9-26(45)55-39-24(43)10-11-25(39)44)12-27(53-16)54-21-14-37(51,22(41)15-40)13-18-29(21)36(50)31-30(34(18)48)33(47)17-6-5-7-20(52-2)28(17)35(31)49;1-15(37)7-4-5-10-23(39)35-19-11-24(47-16(2)29(19)40)48-21-13-34(45,22(38)14-36)12-18-26(21)33(44)28-27(31(18)42)30(41)17-8-6-9-20(46-3)25(17)32(28)43;8*1-2/h5-7,16,19,21,27,32,40,46,48,50-51H,3-4,8-15H2,1-2H3,(H,38,42);6,8-9,16,19,21,24,29,36,40,42,44-45H,4-5,7,10-14H2,1-3H3,(H,35,39);8*1-2H3. The maximum Gasteiger partial charge on any atom is 0.333 e. The van der Waals surface area contributed by atoms with E-state index < -0.39 is 215 Å². The fraction of sp³-hybridized carbons (Fsp3) is 0.586. The number of phenols is 4. The highest BCUT2D eigenvalue weighted by atomic mass is 16.7. The minimum absolute atomic E-state index is 0.0151. The maximum absolute atomic E-state index is 13.9. The summed E-state index contributed by atoms with van der Waals surface area (Å²) in [5.74, 6) is -11.1. The van der Waals surface area contributed by atoms with Gasteiger partial charge in [0.05, 0.1) is 84.1 Å². The van der Waals surface area contributed by atoms with Gasteiger partial charge >= 0.3 is 5.97 Å². The summed E-state index contributed by atoms with van der Waals surface area (Å²) >= 11 is 0. The van der Waals surface area contributed by atoms with Gasteiger partial charge in [0.1, 0.15) is 76.9 Å². The Morgan fingerprint density at radius 1 is 0.479 bits per heavy atom. The molecule has 0 aromatic heterocycles. The molecule has 12 N–H and O–H groups in total. The molecule has 3 fully saturated rings. The first-order valence-electron chi connectivity index (χ1n) is 41.4. The lowest BCUT2D eigenvalue weighted by atomic mass is 9.72. The van der Waals surface area contributed by atoms with Crippen molar-refractivity contribution in [2.45, 2.75) is 307 Å². The topological polar surface area (TPSA) is 499 Å². The molecule has 3 heterocycles. The number of aromatic hydroxyl groups is 4. The molecule has 0 saturated carbocycles. The van der Waals surface area contributed by atoms with Crippen molar-refractivity contribution in [1.82, 2.24) is 15.7 Å². The number of amides is 4. The molecule has 4 aromatic carbocycles. The van der Waals surface area contributed by atoms with Gasteiger partial charge in [-0.3, -0.25) is 47.9 Å². The average Bonchev–Trinajstić information content (AvgIpc) is 0.886. The molecule has 12 atom stereocenters. The second-order valence-electron chi connectivity index (χ2n) is 26.5. The summed E-state index contributed by atoms with van der Waals surface area (Å²) in [5.41, 5.74) is -8.18. The van der Waals surface area contributed by atoms with Crippen LogP contribution >= 0.6 is 0 Å². The Labute approximate surface area is 696 Å². The summed E-state index contributed by atoms with van der Waals surface area (Å²) in [6.45, 7) is 34.3. The number of Topliss-reactive ketones (excluding diaryl/α,β-unsaturated/α-hetero) is 3. The number of aliphatic hydroxyl groups is 6. The molecular formula is C87H127N3O29. The Bertz CT molecular complexity index is 4160. The molecule has 3 aliphatic heterocycles. The molecule has 4 aromatic rings. The lowest BCUT2D eigenvalue weighted by molar-refractivity contribution is -0.249. The number of rotatable bonds is 23. The second kappa shape index (κ2) is 49.9. The van der Waals surface area contributed by atoms with E-state index >= 15 is 0 Å². The molecule has 7 aliphatic rings. The van der Waals surface area contributed by atoms with E-state index in [1.807, 2.05) is 111 Å². The van der Waals surface area contributed by atoms with Gasteiger partial charge in [-0.25, -0.2) is 4.79 Å². The van der Waals surface area contributed by atoms with Gasteiger partial charge in [0.15, 0.2) is 35.7 Å². The van der Waals surface area contributed by atoms with Crippen LogP contribution in [0.4, 0.5) is 0 Å². The van der Waals surface area contributed by atoms with Crippen molar-refractivity contribution in [2.24, 2.45) is 0 Å². The van der Waals surface area contributed by atoms with E-state index in [9.17, 15) is 109 Å². The van der Waals surface area contributed by atoms with E-state index in [-0.39, 0.29) is 125 Å². The molecule has 4 aliphatic carbocycles. The van der Waals surface area contributed by atoms with Gasteiger partial charge in [0.2, 0.25) is 23.4 Å². The number of methoxy groups -OCH3 is 2. The third-order valence-corrected chi connectivity index (χ3v) is 19.6. The highest BCUT2D eigenvalue weighted by Gasteiger charge is 2.53. The van der Waals surface area contributed by atoms with Crippen molar-refractivity contribution in [3.05, 3.63) is 103 Å². The van der Waals surface area contributed by atoms with Crippen LogP contribution in [0.1, 0.15) is 320 Å². The van der Waals surface area contributed by atoms with E-state index in [0.717, 1.165) is 0 Å². The smallest absolute Gasteiger partial charge is 0.333 e. The van der Waals surface area contributed by atoms with Crippen LogP contribution in [0.2, 0.25) is 0 Å². The molecule has 119 heavy (non-hydrogen) atoms. The van der Waals surface area contributed by atoms with Crippen molar-refractivity contribution in [3.63, 3.8) is 0 Å². The maximum atomic E-state index is 13.9. The predicted molar refractivity (Wildman–Crippen MR) is 437 cm³/mol. The number of ether oxygens (including phenoxy) is 6. The van der Waals surface area contributed by atoms with Gasteiger partial charge in [0, 0.05) is 110 Å². The predicted octanol–water partition coefficient (Wildman–Crippen LogP) is 9.84. The van der Waals surface area contributed by atoms with Crippen LogP contribution in [-0.4, -0.2) is 214 Å². The Morgan fingerprint density at radius 3 is 1.13 bits per heavy atom. The lowest BCUT2D eigenvalue weighted by Gasteiger charge is -2.43. The number of carbonyl (C=O) groups is 12. The molecular weight excluding hydrogens is 1550 g/mol. The van der Waals surface area contributed by atoms with Crippen LogP contribution in [0.3, 0.4) is 0 Å².